The molecule has 0 bridgehead atoms. The Bertz CT molecular complexity index is 679. The summed E-state index contributed by atoms with van der Waals surface area (Å²) in [6, 6.07) is 7.90. The van der Waals surface area contributed by atoms with Crippen molar-refractivity contribution in [2.75, 3.05) is 12.4 Å². The molecule has 2 heterocycles. The Kier molecular flexibility index (Phi) is 3.02. The van der Waals surface area contributed by atoms with Crippen molar-refractivity contribution < 1.29 is 4.74 Å². The van der Waals surface area contributed by atoms with Crippen molar-refractivity contribution in [1.82, 2.24) is 15.2 Å². The number of fused-ring (bicyclic) bond motifs is 1. The molecule has 0 saturated heterocycles. The highest BCUT2D eigenvalue weighted by Crippen LogP contribution is 2.29. The SMILES string of the molecule is COc1cccc2c(NCc3cn[nH]c3)nccc12. The molecular weight excluding hydrogens is 240 g/mol. The van der Waals surface area contributed by atoms with Crippen LogP contribution in [-0.2, 0) is 6.54 Å². The molecule has 19 heavy (non-hydrogen) atoms. The molecule has 0 radical (unpaired) electrons. The number of ether oxygens (including phenoxy) is 1. The summed E-state index contributed by atoms with van der Waals surface area (Å²) in [5.41, 5.74) is 1.08. The first-order chi connectivity index (χ1) is 9.38. The lowest BCUT2D eigenvalue weighted by Gasteiger charge is -2.10. The third-order valence-electron chi connectivity index (χ3n) is 3.00. The summed E-state index contributed by atoms with van der Waals surface area (Å²) in [6.45, 7) is 0.680. The predicted molar refractivity (Wildman–Crippen MR) is 74.2 cm³/mol. The van der Waals surface area contributed by atoms with E-state index in [1.165, 1.54) is 0 Å². The fourth-order valence-corrected chi connectivity index (χ4v) is 2.06. The molecular formula is C14H14N4O. The Labute approximate surface area is 110 Å². The molecule has 0 unspecified atom stereocenters. The van der Waals surface area contributed by atoms with Gasteiger partial charge in [-0.15, -0.1) is 0 Å². The first kappa shape index (κ1) is 11.5. The summed E-state index contributed by atoms with van der Waals surface area (Å²) in [7, 11) is 1.67. The summed E-state index contributed by atoms with van der Waals surface area (Å²) in [6.07, 6.45) is 5.43. The van der Waals surface area contributed by atoms with Crippen molar-refractivity contribution >= 4 is 16.6 Å². The van der Waals surface area contributed by atoms with Crippen molar-refractivity contribution in [3.63, 3.8) is 0 Å². The van der Waals surface area contributed by atoms with E-state index >= 15 is 0 Å². The van der Waals surface area contributed by atoms with Crippen molar-refractivity contribution in [3.8, 4) is 5.75 Å². The maximum atomic E-state index is 5.36. The van der Waals surface area contributed by atoms with Crippen molar-refractivity contribution in [3.05, 3.63) is 48.4 Å². The van der Waals surface area contributed by atoms with E-state index in [4.69, 9.17) is 4.74 Å². The number of anilines is 1. The van der Waals surface area contributed by atoms with E-state index in [0.29, 0.717) is 6.54 Å². The van der Waals surface area contributed by atoms with Gasteiger partial charge in [-0.25, -0.2) is 4.98 Å². The number of H-pyrrole nitrogens is 1. The van der Waals surface area contributed by atoms with E-state index < -0.39 is 0 Å². The lowest BCUT2D eigenvalue weighted by molar-refractivity contribution is 0.420. The van der Waals surface area contributed by atoms with E-state index in [1.54, 1.807) is 19.5 Å². The first-order valence-electron chi connectivity index (χ1n) is 6.02. The molecule has 0 aliphatic rings. The fraction of sp³-hybridized carbons (Fsp3) is 0.143. The number of methoxy groups -OCH3 is 1. The van der Waals surface area contributed by atoms with Crippen molar-refractivity contribution in [2.24, 2.45) is 0 Å². The van der Waals surface area contributed by atoms with Crippen LogP contribution >= 0.6 is 0 Å². The van der Waals surface area contributed by atoms with Crippen LogP contribution in [0.2, 0.25) is 0 Å². The normalized spacial score (nSPS) is 10.6. The Morgan fingerprint density at radius 2 is 2.21 bits per heavy atom. The first-order valence-corrected chi connectivity index (χ1v) is 6.02. The lowest BCUT2D eigenvalue weighted by atomic mass is 10.1. The maximum Gasteiger partial charge on any atom is 0.134 e. The van der Waals surface area contributed by atoms with Gasteiger partial charge < -0.3 is 10.1 Å². The van der Waals surface area contributed by atoms with Crippen LogP contribution in [0.4, 0.5) is 5.82 Å². The average molecular weight is 254 g/mol. The van der Waals surface area contributed by atoms with Gasteiger partial charge in [0.2, 0.25) is 0 Å². The molecule has 0 aliphatic carbocycles. The molecule has 5 nitrogen and oxygen atoms in total. The van der Waals surface area contributed by atoms with Gasteiger partial charge in [0.15, 0.2) is 0 Å². The van der Waals surface area contributed by atoms with Gasteiger partial charge in [-0.05, 0) is 12.1 Å². The van der Waals surface area contributed by atoms with Crippen LogP contribution in [0.1, 0.15) is 5.56 Å². The standard InChI is InChI=1S/C14H14N4O/c1-19-13-4-2-3-12-11(13)5-6-15-14(12)16-7-10-8-17-18-9-10/h2-6,8-9H,7H2,1H3,(H,15,16)(H,17,18). The van der Waals surface area contributed by atoms with Gasteiger partial charge in [-0.3, -0.25) is 5.10 Å². The molecule has 2 N–H and O–H groups in total. The number of pyridine rings is 1. The number of hydrogen-bond donors (Lipinski definition) is 2. The minimum absolute atomic E-state index is 0.680. The van der Waals surface area contributed by atoms with Gasteiger partial charge in [0.05, 0.1) is 13.3 Å². The van der Waals surface area contributed by atoms with Crippen LogP contribution in [0.15, 0.2) is 42.9 Å². The number of aromatic nitrogens is 3. The Hall–Kier alpha value is -2.56. The molecule has 0 fully saturated rings. The van der Waals surface area contributed by atoms with Crippen LogP contribution in [0.25, 0.3) is 10.8 Å². The monoisotopic (exact) mass is 254 g/mol. The fourth-order valence-electron chi connectivity index (χ4n) is 2.06. The Morgan fingerprint density at radius 3 is 3.00 bits per heavy atom. The highest BCUT2D eigenvalue weighted by molar-refractivity contribution is 5.95. The number of nitrogens with one attached hydrogen (secondary N) is 2. The van der Waals surface area contributed by atoms with Crippen LogP contribution < -0.4 is 10.1 Å². The van der Waals surface area contributed by atoms with Gasteiger partial charge >= 0.3 is 0 Å². The van der Waals surface area contributed by atoms with Gasteiger partial charge in [0, 0.05) is 35.3 Å². The molecule has 5 heteroatoms. The van der Waals surface area contributed by atoms with Gasteiger partial charge in [-0.1, -0.05) is 12.1 Å². The van der Waals surface area contributed by atoms with Crippen LogP contribution in [0.3, 0.4) is 0 Å². The zero-order valence-electron chi connectivity index (χ0n) is 10.6. The lowest BCUT2D eigenvalue weighted by Crippen LogP contribution is -2.01. The predicted octanol–water partition coefficient (Wildman–Crippen LogP) is 2.58. The molecule has 0 aliphatic heterocycles. The summed E-state index contributed by atoms with van der Waals surface area (Å²) in [5, 5.41) is 12.1. The molecule has 96 valence electrons. The molecule has 0 atom stereocenters. The highest BCUT2D eigenvalue weighted by Gasteiger charge is 2.06. The molecule has 1 aromatic carbocycles. The Balaban J connectivity index is 1.95. The molecule has 3 aromatic rings. The number of rotatable bonds is 4. The van der Waals surface area contributed by atoms with Gasteiger partial charge in [0.25, 0.3) is 0 Å². The van der Waals surface area contributed by atoms with Crippen molar-refractivity contribution in [1.29, 1.82) is 0 Å². The summed E-state index contributed by atoms with van der Waals surface area (Å²) < 4.78 is 5.36. The number of nitrogens with zero attached hydrogens (tertiary/aromatic N) is 2. The molecule has 0 amide bonds. The minimum Gasteiger partial charge on any atom is -0.496 e. The summed E-state index contributed by atoms with van der Waals surface area (Å²) >= 11 is 0. The van der Waals surface area contributed by atoms with E-state index in [0.717, 1.165) is 27.9 Å². The van der Waals surface area contributed by atoms with E-state index in [9.17, 15) is 0 Å². The highest BCUT2D eigenvalue weighted by atomic mass is 16.5. The molecule has 3 rings (SSSR count). The van der Waals surface area contributed by atoms with E-state index in [1.807, 2.05) is 30.5 Å². The van der Waals surface area contributed by atoms with Crippen LogP contribution in [0, 0.1) is 0 Å². The molecule has 0 saturated carbocycles. The van der Waals surface area contributed by atoms with Gasteiger partial charge in [-0.2, -0.15) is 5.10 Å². The van der Waals surface area contributed by atoms with Crippen molar-refractivity contribution in [2.45, 2.75) is 6.54 Å². The summed E-state index contributed by atoms with van der Waals surface area (Å²) in [4.78, 5) is 4.38. The molecule has 2 aromatic heterocycles. The maximum absolute atomic E-state index is 5.36. The van der Waals surface area contributed by atoms with Crippen LogP contribution in [-0.4, -0.2) is 22.3 Å². The zero-order valence-corrected chi connectivity index (χ0v) is 10.6. The number of hydrogen-bond acceptors (Lipinski definition) is 4. The van der Waals surface area contributed by atoms with Gasteiger partial charge in [0.1, 0.15) is 11.6 Å². The largest absolute Gasteiger partial charge is 0.496 e. The summed E-state index contributed by atoms with van der Waals surface area (Å²) in [5.74, 6) is 1.70. The second-order valence-electron chi connectivity index (χ2n) is 4.18. The molecule has 0 spiro atoms. The van der Waals surface area contributed by atoms with Crippen LogP contribution in [0.5, 0.6) is 5.75 Å². The topological polar surface area (TPSA) is 62.8 Å². The average Bonchev–Trinajstić information content (AvgIpc) is 2.97. The number of benzene rings is 1. The second-order valence-corrected chi connectivity index (χ2v) is 4.18. The third kappa shape index (κ3) is 2.22. The quantitative estimate of drug-likeness (QED) is 0.751. The van der Waals surface area contributed by atoms with E-state index in [-0.39, 0.29) is 0 Å². The number of aromatic amines is 1. The Morgan fingerprint density at radius 1 is 1.26 bits per heavy atom. The van der Waals surface area contributed by atoms with E-state index in [2.05, 4.69) is 20.5 Å². The third-order valence-corrected chi connectivity index (χ3v) is 3.00. The smallest absolute Gasteiger partial charge is 0.134 e. The zero-order chi connectivity index (χ0) is 13.1. The second kappa shape index (κ2) is 4.97. The minimum atomic E-state index is 0.680.